The first-order valence-corrected chi connectivity index (χ1v) is 6.75. The lowest BCUT2D eigenvalue weighted by atomic mass is 9.96. The summed E-state index contributed by atoms with van der Waals surface area (Å²) in [5.74, 6) is 10.4. The van der Waals surface area contributed by atoms with Gasteiger partial charge < -0.3 is 0 Å². The van der Waals surface area contributed by atoms with E-state index < -0.39 is 0 Å². The fourth-order valence-corrected chi connectivity index (χ4v) is 4.83. The number of hydrogen-bond donors (Lipinski definition) is 2. The first-order valence-electron chi connectivity index (χ1n) is 6.75. The van der Waals surface area contributed by atoms with Crippen molar-refractivity contribution in [2.45, 2.75) is 25.3 Å². The maximum Gasteiger partial charge on any atom is 0.0810 e. The number of rotatable bonds is 3. The van der Waals surface area contributed by atoms with Crippen LogP contribution >= 0.6 is 0 Å². The zero-order chi connectivity index (χ0) is 11.6. The third kappa shape index (κ3) is 1.28. The third-order valence-electron chi connectivity index (χ3n) is 5.41. The van der Waals surface area contributed by atoms with Crippen LogP contribution in [0.1, 0.15) is 31.0 Å². The summed E-state index contributed by atoms with van der Waals surface area (Å²) in [5.41, 5.74) is 4.13. The molecule has 1 aromatic rings. The van der Waals surface area contributed by atoms with Crippen molar-refractivity contribution < 1.29 is 0 Å². The third-order valence-corrected chi connectivity index (χ3v) is 5.41. The Hall–Kier alpha value is -0.870. The monoisotopic (exact) mass is 232 g/mol. The van der Waals surface area contributed by atoms with E-state index in [9.17, 15) is 0 Å². The van der Waals surface area contributed by atoms with Gasteiger partial charge >= 0.3 is 0 Å². The molecule has 0 aliphatic heterocycles. The molecule has 0 spiro atoms. The second-order valence-electron chi connectivity index (χ2n) is 6.12. The van der Waals surface area contributed by atoms with Gasteiger partial charge in [0, 0.05) is 13.2 Å². The summed E-state index contributed by atoms with van der Waals surface area (Å²) in [6, 6.07) is 2.37. The van der Waals surface area contributed by atoms with Crippen LogP contribution in [0.15, 0.2) is 12.3 Å². The number of nitrogens with two attached hydrogens (primary N) is 1. The van der Waals surface area contributed by atoms with Gasteiger partial charge in [0.25, 0.3) is 0 Å². The molecular formula is C13H20N4. The Morgan fingerprint density at radius 3 is 2.65 bits per heavy atom. The molecule has 0 radical (unpaired) electrons. The minimum atomic E-state index is 0.273. The van der Waals surface area contributed by atoms with Crippen molar-refractivity contribution in [3.05, 3.63) is 18.0 Å². The van der Waals surface area contributed by atoms with Gasteiger partial charge in [-0.1, -0.05) is 0 Å². The van der Waals surface area contributed by atoms with Crippen molar-refractivity contribution >= 4 is 0 Å². The van der Waals surface area contributed by atoms with Crippen LogP contribution in [0.25, 0.3) is 0 Å². The molecule has 4 heteroatoms. The van der Waals surface area contributed by atoms with Crippen LogP contribution in [-0.4, -0.2) is 9.78 Å². The second kappa shape index (κ2) is 3.33. The van der Waals surface area contributed by atoms with E-state index in [1.807, 2.05) is 17.9 Å². The fourth-order valence-electron chi connectivity index (χ4n) is 4.83. The van der Waals surface area contributed by atoms with Crippen LogP contribution in [0.4, 0.5) is 0 Å². The van der Waals surface area contributed by atoms with Gasteiger partial charge in [-0.2, -0.15) is 5.10 Å². The number of nitrogens with zero attached hydrogens (tertiary/aromatic N) is 2. The predicted octanol–water partition coefficient (Wildman–Crippen LogP) is 1.22. The Labute approximate surface area is 102 Å². The van der Waals surface area contributed by atoms with Crippen LogP contribution in [0.3, 0.4) is 0 Å². The summed E-state index contributed by atoms with van der Waals surface area (Å²) in [6.45, 7) is 0. The maximum atomic E-state index is 5.77. The van der Waals surface area contributed by atoms with Crippen molar-refractivity contribution in [2.75, 3.05) is 0 Å². The number of aryl methyl sites for hydroxylation is 1. The Bertz CT molecular complexity index is 424. The average molecular weight is 232 g/mol. The molecular weight excluding hydrogens is 212 g/mol. The van der Waals surface area contributed by atoms with E-state index in [4.69, 9.17) is 5.84 Å². The largest absolute Gasteiger partial charge is 0.275 e. The lowest BCUT2D eigenvalue weighted by Gasteiger charge is -2.17. The van der Waals surface area contributed by atoms with E-state index in [-0.39, 0.29) is 6.04 Å². The van der Waals surface area contributed by atoms with Gasteiger partial charge in [0.1, 0.15) is 0 Å². The normalized spacial score (nSPS) is 43.8. The molecule has 4 nitrogen and oxygen atoms in total. The van der Waals surface area contributed by atoms with Gasteiger partial charge in [-0.05, 0) is 54.9 Å². The highest BCUT2D eigenvalue weighted by Gasteiger charge is 2.67. The lowest BCUT2D eigenvalue weighted by molar-refractivity contribution is 0.367. The molecule has 3 fully saturated rings. The van der Waals surface area contributed by atoms with Gasteiger partial charge in [0.2, 0.25) is 0 Å². The summed E-state index contributed by atoms with van der Waals surface area (Å²) in [7, 11) is 1.97. The number of fused-ring (bicyclic) bond motifs is 5. The summed E-state index contributed by atoms with van der Waals surface area (Å²) in [4.78, 5) is 0. The molecule has 0 amide bonds. The van der Waals surface area contributed by atoms with Crippen molar-refractivity contribution in [1.29, 1.82) is 0 Å². The van der Waals surface area contributed by atoms with Gasteiger partial charge in [-0.3, -0.25) is 16.0 Å². The quantitative estimate of drug-likeness (QED) is 0.608. The molecule has 2 bridgehead atoms. The summed E-state index contributed by atoms with van der Waals surface area (Å²) < 4.78 is 1.87. The lowest BCUT2D eigenvalue weighted by Crippen LogP contribution is -2.31. The Kier molecular flexibility index (Phi) is 1.97. The van der Waals surface area contributed by atoms with Crippen molar-refractivity contribution in [2.24, 2.45) is 42.5 Å². The van der Waals surface area contributed by atoms with Gasteiger partial charge in [-0.25, -0.2) is 0 Å². The molecule has 0 aromatic carbocycles. The molecule has 4 rings (SSSR count). The Morgan fingerprint density at radius 2 is 2.12 bits per heavy atom. The standard InChI is InChI=1S/C13H20N4/c1-17-5-4-9(16-17)13(15-14)12-10-7-2-3-8(6-7)11(10)12/h4-5,7-8,10-13,15H,2-3,6,14H2,1H3. The van der Waals surface area contributed by atoms with Crippen molar-refractivity contribution in [3.8, 4) is 0 Å². The highest BCUT2D eigenvalue weighted by Crippen LogP contribution is 2.71. The molecule has 92 valence electrons. The molecule has 3 saturated carbocycles. The average Bonchev–Trinajstić information content (AvgIpc) is 2.73. The van der Waals surface area contributed by atoms with E-state index in [0.29, 0.717) is 0 Å². The molecule has 3 N–H and O–H groups in total. The van der Waals surface area contributed by atoms with Gasteiger partial charge in [-0.15, -0.1) is 0 Å². The fraction of sp³-hybridized carbons (Fsp3) is 0.769. The summed E-state index contributed by atoms with van der Waals surface area (Å²) >= 11 is 0. The molecule has 1 heterocycles. The van der Waals surface area contributed by atoms with Crippen LogP contribution in [0.5, 0.6) is 0 Å². The van der Waals surface area contributed by atoms with E-state index >= 15 is 0 Å². The number of hydrazine groups is 1. The molecule has 17 heavy (non-hydrogen) atoms. The Balaban J connectivity index is 1.59. The zero-order valence-electron chi connectivity index (χ0n) is 10.2. The number of hydrogen-bond acceptors (Lipinski definition) is 3. The second-order valence-corrected chi connectivity index (χ2v) is 6.12. The van der Waals surface area contributed by atoms with Crippen molar-refractivity contribution in [1.82, 2.24) is 15.2 Å². The minimum Gasteiger partial charge on any atom is -0.275 e. The minimum absolute atomic E-state index is 0.273. The van der Waals surface area contributed by atoms with E-state index in [0.717, 1.165) is 35.3 Å². The van der Waals surface area contributed by atoms with Crippen LogP contribution in [0, 0.1) is 29.6 Å². The Morgan fingerprint density at radius 1 is 1.41 bits per heavy atom. The first kappa shape index (κ1) is 10.1. The first-order chi connectivity index (χ1) is 8.29. The molecule has 5 unspecified atom stereocenters. The van der Waals surface area contributed by atoms with Crippen molar-refractivity contribution in [3.63, 3.8) is 0 Å². The molecule has 3 aliphatic rings. The number of nitrogens with one attached hydrogen (secondary N) is 1. The van der Waals surface area contributed by atoms with Crippen LogP contribution in [-0.2, 0) is 7.05 Å². The van der Waals surface area contributed by atoms with E-state index in [1.54, 1.807) is 0 Å². The summed E-state index contributed by atoms with van der Waals surface area (Å²) in [6.07, 6.45) is 6.42. The molecule has 1 aromatic heterocycles. The van der Waals surface area contributed by atoms with Gasteiger partial charge in [0.15, 0.2) is 0 Å². The SMILES string of the molecule is Cn1ccc(C(NN)C2C3C4CCC(C4)C32)n1. The van der Waals surface area contributed by atoms with Crippen LogP contribution in [0.2, 0.25) is 0 Å². The predicted molar refractivity (Wildman–Crippen MR) is 64.6 cm³/mol. The smallest absolute Gasteiger partial charge is 0.0810 e. The molecule has 5 atom stereocenters. The summed E-state index contributed by atoms with van der Waals surface area (Å²) in [5, 5.41) is 4.52. The zero-order valence-corrected chi connectivity index (χ0v) is 10.2. The topological polar surface area (TPSA) is 55.9 Å². The van der Waals surface area contributed by atoms with E-state index in [2.05, 4.69) is 16.6 Å². The number of aromatic nitrogens is 2. The van der Waals surface area contributed by atoms with E-state index in [1.165, 1.54) is 19.3 Å². The highest BCUT2D eigenvalue weighted by atomic mass is 15.3. The molecule has 3 aliphatic carbocycles. The van der Waals surface area contributed by atoms with Crippen LogP contribution < -0.4 is 11.3 Å². The molecule has 0 saturated heterocycles. The van der Waals surface area contributed by atoms with Gasteiger partial charge in [0.05, 0.1) is 11.7 Å². The maximum absolute atomic E-state index is 5.77. The highest BCUT2D eigenvalue weighted by molar-refractivity contribution is 5.20.